The van der Waals surface area contributed by atoms with E-state index in [1.165, 1.54) is 6.26 Å². The van der Waals surface area contributed by atoms with Crippen molar-refractivity contribution < 1.29 is 14.3 Å². The molecular weight excluding hydrogens is 234 g/mol. The highest BCUT2D eigenvalue weighted by Crippen LogP contribution is 2.20. The number of furan rings is 1. The molecule has 0 aliphatic carbocycles. The maximum absolute atomic E-state index is 11.5. The van der Waals surface area contributed by atoms with Gasteiger partial charge in [-0.05, 0) is 18.4 Å². The van der Waals surface area contributed by atoms with Crippen molar-refractivity contribution in [1.82, 2.24) is 10.3 Å². The first-order chi connectivity index (χ1) is 8.61. The van der Waals surface area contributed by atoms with Crippen LogP contribution in [0.5, 0.6) is 0 Å². The average Bonchev–Trinajstić information content (AvgIpc) is 2.81. The summed E-state index contributed by atoms with van der Waals surface area (Å²) in [7, 11) is 0. The Hall–Kier alpha value is -1.37. The number of nitrogens with two attached hydrogens (primary N) is 1. The van der Waals surface area contributed by atoms with Crippen molar-refractivity contribution >= 4 is 5.91 Å². The third kappa shape index (κ3) is 2.72. The molecule has 6 nitrogen and oxygen atoms in total. The molecule has 4 N–H and O–H groups in total. The SMILES string of the molecule is CC1CN(Cc2ccoc2C(=O)NN)CCC1O. The number of aliphatic hydroxyl groups excluding tert-OH is 1. The molecular formula is C12H19N3O3. The van der Waals surface area contributed by atoms with Gasteiger partial charge in [0, 0.05) is 25.2 Å². The van der Waals surface area contributed by atoms with Gasteiger partial charge in [-0.1, -0.05) is 6.92 Å². The number of nitrogens with zero attached hydrogens (tertiary/aromatic N) is 1. The number of nitrogen functional groups attached to an aromatic ring is 1. The van der Waals surface area contributed by atoms with Gasteiger partial charge in [0.1, 0.15) is 0 Å². The zero-order chi connectivity index (χ0) is 13.1. The van der Waals surface area contributed by atoms with Gasteiger partial charge in [0.05, 0.1) is 12.4 Å². The molecule has 1 fully saturated rings. The van der Waals surface area contributed by atoms with Crippen molar-refractivity contribution in [3.05, 3.63) is 23.7 Å². The molecule has 2 heterocycles. The van der Waals surface area contributed by atoms with Crippen molar-refractivity contribution in [3.63, 3.8) is 0 Å². The monoisotopic (exact) mass is 253 g/mol. The number of hydrazine groups is 1. The molecule has 18 heavy (non-hydrogen) atoms. The number of likely N-dealkylation sites (tertiary alicyclic amines) is 1. The Balaban J connectivity index is 2.02. The molecule has 1 aromatic rings. The van der Waals surface area contributed by atoms with E-state index < -0.39 is 5.91 Å². The fraction of sp³-hybridized carbons (Fsp3) is 0.583. The van der Waals surface area contributed by atoms with Crippen molar-refractivity contribution in [1.29, 1.82) is 0 Å². The normalized spacial score (nSPS) is 25.1. The fourth-order valence-electron chi connectivity index (χ4n) is 2.33. The molecule has 1 aliphatic rings. The molecule has 1 aromatic heterocycles. The average molecular weight is 253 g/mol. The van der Waals surface area contributed by atoms with Gasteiger partial charge in [0.15, 0.2) is 5.76 Å². The molecule has 1 aliphatic heterocycles. The predicted molar refractivity (Wildman–Crippen MR) is 65.4 cm³/mol. The summed E-state index contributed by atoms with van der Waals surface area (Å²) in [4.78, 5) is 13.7. The molecule has 1 amide bonds. The number of amides is 1. The maximum atomic E-state index is 11.5. The molecule has 0 bridgehead atoms. The van der Waals surface area contributed by atoms with E-state index in [1.54, 1.807) is 6.07 Å². The number of rotatable bonds is 3. The Morgan fingerprint density at radius 3 is 3.17 bits per heavy atom. The van der Waals surface area contributed by atoms with E-state index in [4.69, 9.17) is 10.3 Å². The molecule has 1 saturated heterocycles. The van der Waals surface area contributed by atoms with Gasteiger partial charge in [0.2, 0.25) is 0 Å². The minimum absolute atomic E-state index is 0.225. The zero-order valence-corrected chi connectivity index (χ0v) is 10.4. The second kappa shape index (κ2) is 5.51. The molecule has 0 aromatic carbocycles. The van der Waals surface area contributed by atoms with Crippen LogP contribution in [0, 0.1) is 5.92 Å². The summed E-state index contributed by atoms with van der Waals surface area (Å²) in [5.74, 6) is 5.19. The molecule has 2 rings (SSSR count). The van der Waals surface area contributed by atoms with Crippen LogP contribution in [-0.2, 0) is 6.54 Å². The molecule has 0 saturated carbocycles. The largest absolute Gasteiger partial charge is 0.459 e. The van der Waals surface area contributed by atoms with Gasteiger partial charge in [0.25, 0.3) is 0 Å². The number of carbonyl (C=O) groups excluding carboxylic acids is 1. The third-order valence-electron chi connectivity index (χ3n) is 3.42. The summed E-state index contributed by atoms with van der Waals surface area (Å²) in [5.41, 5.74) is 2.89. The lowest BCUT2D eigenvalue weighted by Crippen LogP contribution is -2.41. The van der Waals surface area contributed by atoms with Crippen molar-refractivity contribution in [2.45, 2.75) is 26.0 Å². The number of aliphatic hydroxyl groups is 1. The van der Waals surface area contributed by atoms with Crippen LogP contribution in [0.4, 0.5) is 0 Å². The first-order valence-corrected chi connectivity index (χ1v) is 6.09. The molecule has 2 unspecified atom stereocenters. The van der Waals surface area contributed by atoms with Gasteiger partial charge >= 0.3 is 5.91 Å². The number of carbonyl (C=O) groups is 1. The Labute approximate surface area is 106 Å². The zero-order valence-electron chi connectivity index (χ0n) is 10.4. The predicted octanol–water partition coefficient (Wildman–Crippen LogP) is 0.0858. The maximum Gasteiger partial charge on any atom is 0.301 e. The second-order valence-electron chi connectivity index (χ2n) is 4.82. The fourth-order valence-corrected chi connectivity index (χ4v) is 2.33. The van der Waals surface area contributed by atoms with Crippen LogP contribution >= 0.6 is 0 Å². The quantitative estimate of drug-likeness (QED) is 0.403. The van der Waals surface area contributed by atoms with Crippen LogP contribution in [0.3, 0.4) is 0 Å². The van der Waals surface area contributed by atoms with E-state index in [0.29, 0.717) is 6.54 Å². The van der Waals surface area contributed by atoms with Crippen LogP contribution in [0.15, 0.2) is 16.7 Å². The van der Waals surface area contributed by atoms with Crippen LogP contribution in [-0.4, -0.2) is 35.1 Å². The lowest BCUT2D eigenvalue weighted by molar-refractivity contribution is 0.0318. The van der Waals surface area contributed by atoms with Gasteiger partial charge in [-0.15, -0.1) is 0 Å². The third-order valence-corrected chi connectivity index (χ3v) is 3.42. The van der Waals surface area contributed by atoms with Crippen molar-refractivity contribution in [2.24, 2.45) is 11.8 Å². The van der Waals surface area contributed by atoms with E-state index in [0.717, 1.165) is 25.1 Å². The molecule has 2 atom stereocenters. The summed E-state index contributed by atoms with van der Waals surface area (Å²) in [6.45, 7) is 4.30. The minimum Gasteiger partial charge on any atom is -0.459 e. The van der Waals surface area contributed by atoms with Crippen LogP contribution in [0.25, 0.3) is 0 Å². The van der Waals surface area contributed by atoms with Crippen LogP contribution < -0.4 is 11.3 Å². The van der Waals surface area contributed by atoms with Gasteiger partial charge in [-0.2, -0.15) is 0 Å². The van der Waals surface area contributed by atoms with E-state index in [-0.39, 0.29) is 17.8 Å². The first-order valence-electron chi connectivity index (χ1n) is 6.09. The number of hydrogen-bond acceptors (Lipinski definition) is 5. The second-order valence-corrected chi connectivity index (χ2v) is 4.82. The molecule has 0 spiro atoms. The van der Waals surface area contributed by atoms with Gasteiger partial charge in [-0.3, -0.25) is 15.1 Å². The molecule has 0 radical (unpaired) electrons. The highest BCUT2D eigenvalue weighted by Gasteiger charge is 2.25. The highest BCUT2D eigenvalue weighted by molar-refractivity contribution is 5.92. The topological polar surface area (TPSA) is 91.7 Å². The molecule has 6 heteroatoms. The number of nitrogens with one attached hydrogen (secondary N) is 1. The smallest absolute Gasteiger partial charge is 0.301 e. The standard InChI is InChI=1S/C12H19N3O3/c1-8-6-15(4-2-10(8)16)7-9-3-5-18-11(9)12(17)14-13/h3,5,8,10,16H,2,4,6-7,13H2,1H3,(H,14,17). The molecule has 100 valence electrons. The van der Waals surface area contributed by atoms with E-state index >= 15 is 0 Å². The van der Waals surface area contributed by atoms with E-state index in [9.17, 15) is 9.90 Å². The Morgan fingerprint density at radius 1 is 1.72 bits per heavy atom. The first kappa shape index (κ1) is 13.1. The summed E-state index contributed by atoms with van der Waals surface area (Å²) < 4.78 is 5.14. The summed E-state index contributed by atoms with van der Waals surface area (Å²) in [6.07, 6.45) is 2.02. The number of hydrogen-bond donors (Lipinski definition) is 3. The van der Waals surface area contributed by atoms with Gasteiger partial charge in [-0.25, -0.2) is 5.84 Å². The van der Waals surface area contributed by atoms with Crippen molar-refractivity contribution in [2.75, 3.05) is 13.1 Å². The van der Waals surface area contributed by atoms with E-state index in [1.807, 2.05) is 6.92 Å². The minimum atomic E-state index is -0.417. The number of piperidine rings is 1. The summed E-state index contributed by atoms with van der Waals surface area (Å²) >= 11 is 0. The van der Waals surface area contributed by atoms with Crippen LogP contribution in [0.2, 0.25) is 0 Å². The summed E-state index contributed by atoms with van der Waals surface area (Å²) in [6, 6.07) is 1.78. The Kier molecular flexibility index (Phi) is 4.00. The lowest BCUT2D eigenvalue weighted by Gasteiger charge is -2.34. The van der Waals surface area contributed by atoms with E-state index in [2.05, 4.69) is 10.3 Å². The van der Waals surface area contributed by atoms with Crippen molar-refractivity contribution in [3.8, 4) is 0 Å². The Bertz CT molecular complexity index is 418. The highest BCUT2D eigenvalue weighted by atomic mass is 16.3. The lowest BCUT2D eigenvalue weighted by atomic mass is 9.96. The summed E-state index contributed by atoms with van der Waals surface area (Å²) in [5, 5.41) is 9.68. The van der Waals surface area contributed by atoms with Crippen LogP contribution in [0.1, 0.15) is 29.5 Å². The Morgan fingerprint density at radius 2 is 2.50 bits per heavy atom. The van der Waals surface area contributed by atoms with Gasteiger partial charge < -0.3 is 9.52 Å².